The van der Waals surface area contributed by atoms with Gasteiger partial charge < -0.3 is 0 Å². The Morgan fingerprint density at radius 2 is 1.62 bits per heavy atom. The van der Waals surface area contributed by atoms with E-state index in [4.69, 9.17) is 0 Å². The van der Waals surface area contributed by atoms with E-state index in [-0.39, 0.29) is 0 Å². The molecule has 2 heterocycles. The molecule has 0 aromatic heterocycles. The molecule has 0 aliphatic carbocycles. The SMILES string of the molecule is CC(C)(C)C1C2CCN(C2)CN1C(C)(C)C. The molecule has 2 nitrogen and oxygen atoms in total. The second kappa shape index (κ2) is 3.71. The summed E-state index contributed by atoms with van der Waals surface area (Å²) in [6.45, 7) is 18.1. The van der Waals surface area contributed by atoms with E-state index in [0.717, 1.165) is 12.0 Å². The lowest BCUT2D eigenvalue weighted by Gasteiger charge is -2.53. The average Bonchev–Trinajstić information content (AvgIpc) is 2.42. The largest absolute Gasteiger partial charge is 0.290 e. The normalized spacial score (nSPS) is 36.8. The highest BCUT2D eigenvalue weighted by Crippen LogP contribution is 2.41. The van der Waals surface area contributed by atoms with Crippen LogP contribution in [0.3, 0.4) is 0 Å². The molecular formula is C14H28N2. The summed E-state index contributed by atoms with van der Waals surface area (Å²) in [5.74, 6) is 0.882. The highest BCUT2D eigenvalue weighted by Gasteiger charge is 2.47. The Balaban J connectivity index is 2.28. The maximum absolute atomic E-state index is 2.73. The Labute approximate surface area is 101 Å². The molecule has 0 amide bonds. The van der Waals surface area contributed by atoms with Crippen molar-refractivity contribution in [3.63, 3.8) is 0 Å². The Bertz CT molecular complexity index is 259. The van der Waals surface area contributed by atoms with Gasteiger partial charge >= 0.3 is 0 Å². The highest BCUT2D eigenvalue weighted by atomic mass is 15.4. The maximum atomic E-state index is 2.73. The predicted octanol–water partition coefficient (Wildman–Crippen LogP) is 2.79. The van der Waals surface area contributed by atoms with Gasteiger partial charge in [0.25, 0.3) is 0 Å². The van der Waals surface area contributed by atoms with E-state index in [0.29, 0.717) is 11.0 Å². The molecule has 2 heteroatoms. The van der Waals surface area contributed by atoms with Gasteiger partial charge in [0.05, 0.1) is 6.67 Å². The Hall–Kier alpha value is -0.0800. The van der Waals surface area contributed by atoms with Gasteiger partial charge in [0.1, 0.15) is 0 Å². The van der Waals surface area contributed by atoms with Crippen molar-refractivity contribution in [3.05, 3.63) is 0 Å². The fourth-order valence-corrected chi connectivity index (χ4v) is 3.61. The molecule has 94 valence electrons. The zero-order valence-corrected chi connectivity index (χ0v) is 11.9. The third-order valence-corrected chi connectivity index (χ3v) is 4.19. The van der Waals surface area contributed by atoms with Crippen LogP contribution >= 0.6 is 0 Å². The fourth-order valence-electron chi connectivity index (χ4n) is 3.61. The lowest BCUT2D eigenvalue weighted by atomic mass is 9.75. The third-order valence-electron chi connectivity index (χ3n) is 4.19. The summed E-state index contributed by atoms with van der Waals surface area (Å²) in [5.41, 5.74) is 0.688. The lowest BCUT2D eigenvalue weighted by molar-refractivity contribution is -0.0648. The summed E-state index contributed by atoms with van der Waals surface area (Å²) in [6, 6.07) is 0.742. The van der Waals surface area contributed by atoms with E-state index in [1.54, 1.807) is 0 Å². The molecule has 3 unspecified atom stereocenters. The molecule has 2 bridgehead atoms. The van der Waals surface area contributed by atoms with Crippen LogP contribution in [0.15, 0.2) is 0 Å². The molecule has 16 heavy (non-hydrogen) atoms. The minimum absolute atomic E-state index is 0.291. The molecule has 0 saturated carbocycles. The summed E-state index contributed by atoms with van der Waals surface area (Å²) in [5, 5.41) is 0. The van der Waals surface area contributed by atoms with Crippen LogP contribution < -0.4 is 0 Å². The molecule has 2 rings (SSSR count). The quantitative estimate of drug-likeness (QED) is 0.624. The number of nitrogens with zero attached hydrogens (tertiary/aromatic N) is 2. The van der Waals surface area contributed by atoms with Crippen LogP contribution in [0.25, 0.3) is 0 Å². The van der Waals surface area contributed by atoms with E-state index in [2.05, 4.69) is 51.3 Å². The zero-order valence-electron chi connectivity index (χ0n) is 11.9. The molecule has 2 aliphatic heterocycles. The summed E-state index contributed by atoms with van der Waals surface area (Å²) in [6.07, 6.45) is 1.40. The highest BCUT2D eigenvalue weighted by molar-refractivity contribution is 5.00. The van der Waals surface area contributed by atoms with E-state index in [1.807, 2.05) is 0 Å². The summed E-state index contributed by atoms with van der Waals surface area (Å²) in [7, 11) is 0. The van der Waals surface area contributed by atoms with Gasteiger partial charge in [0.15, 0.2) is 0 Å². The summed E-state index contributed by atoms with van der Waals surface area (Å²) in [4.78, 5) is 5.35. The molecule has 2 fully saturated rings. The second-order valence-electron chi connectivity index (χ2n) is 7.72. The molecule has 3 atom stereocenters. The van der Waals surface area contributed by atoms with Crippen molar-refractivity contribution < 1.29 is 0 Å². The van der Waals surface area contributed by atoms with Crippen molar-refractivity contribution in [1.29, 1.82) is 0 Å². The fraction of sp³-hybridized carbons (Fsp3) is 1.00. The van der Waals surface area contributed by atoms with Gasteiger partial charge in [0.2, 0.25) is 0 Å². The minimum atomic E-state index is 0.291. The zero-order chi connectivity index (χ0) is 12.1. The molecular weight excluding hydrogens is 196 g/mol. The number of rotatable bonds is 0. The van der Waals surface area contributed by atoms with Crippen LogP contribution in [0.2, 0.25) is 0 Å². The average molecular weight is 224 g/mol. The molecule has 0 radical (unpaired) electrons. The molecule has 2 saturated heterocycles. The first-order valence-corrected chi connectivity index (χ1v) is 6.69. The van der Waals surface area contributed by atoms with Crippen LogP contribution in [0.1, 0.15) is 48.0 Å². The lowest BCUT2D eigenvalue weighted by Crippen LogP contribution is -2.62. The number of fused-ring (bicyclic) bond motifs is 2. The van der Waals surface area contributed by atoms with Crippen molar-refractivity contribution in [2.45, 2.75) is 59.5 Å². The van der Waals surface area contributed by atoms with E-state index >= 15 is 0 Å². The smallest absolute Gasteiger partial charge is 0.0514 e. The molecule has 0 aromatic rings. The van der Waals surface area contributed by atoms with Crippen molar-refractivity contribution in [3.8, 4) is 0 Å². The van der Waals surface area contributed by atoms with Crippen molar-refractivity contribution in [2.24, 2.45) is 11.3 Å². The molecule has 0 aromatic carbocycles. The van der Waals surface area contributed by atoms with Crippen LogP contribution in [0.5, 0.6) is 0 Å². The first-order valence-electron chi connectivity index (χ1n) is 6.69. The minimum Gasteiger partial charge on any atom is -0.290 e. The van der Waals surface area contributed by atoms with Gasteiger partial charge in [-0.2, -0.15) is 0 Å². The van der Waals surface area contributed by atoms with Gasteiger partial charge in [0, 0.05) is 18.1 Å². The molecule has 0 N–H and O–H groups in total. The van der Waals surface area contributed by atoms with Gasteiger partial charge in [-0.15, -0.1) is 0 Å². The summed E-state index contributed by atoms with van der Waals surface area (Å²) < 4.78 is 0. The molecule has 2 aliphatic rings. The number of hydrogen-bond donors (Lipinski definition) is 0. The first-order chi connectivity index (χ1) is 7.19. The standard InChI is InChI=1S/C14H28N2/c1-13(2,3)12-11-7-8-15(9-11)10-16(12)14(4,5)6/h11-12H,7-10H2,1-6H3. The van der Waals surface area contributed by atoms with Crippen LogP contribution in [-0.4, -0.2) is 41.1 Å². The van der Waals surface area contributed by atoms with E-state index in [9.17, 15) is 0 Å². The van der Waals surface area contributed by atoms with Crippen LogP contribution in [0, 0.1) is 11.3 Å². The van der Waals surface area contributed by atoms with Crippen molar-refractivity contribution in [1.82, 2.24) is 9.80 Å². The summed E-state index contributed by atoms with van der Waals surface area (Å²) >= 11 is 0. The van der Waals surface area contributed by atoms with Crippen LogP contribution in [-0.2, 0) is 0 Å². The Kier molecular flexibility index (Phi) is 2.87. The van der Waals surface area contributed by atoms with Crippen molar-refractivity contribution >= 4 is 0 Å². The van der Waals surface area contributed by atoms with Crippen LogP contribution in [0.4, 0.5) is 0 Å². The van der Waals surface area contributed by atoms with Gasteiger partial charge in [-0.05, 0) is 45.1 Å². The number of hydrogen-bond acceptors (Lipinski definition) is 2. The monoisotopic (exact) mass is 224 g/mol. The van der Waals surface area contributed by atoms with E-state index < -0.39 is 0 Å². The Morgan fingerprint density at radius 1 is 1.00 bits per heavy atom. The van der Waals surface area contributed by atoms with Gasteiger partial charge in [-0.1, -0.05) is 20.8 Å². The molecule has 0 spiro atoms. The third kappa shape index (κ3) is 2.14. The van der Waals surface area contributed by atoms with Crippen molar-refractivity contribution in [2.75, 3.05) is 19.8 Å². The van der Waals surface area contributed by atoms with E-state index in [1.165, 1.54) is 26.2 Å². The predicted molar refractivity (Wildman–Crippen MR) is 69.4 cm³/mol. The van der Waals surface area contributed by atoms with Gasteiger partial charge in [-0.3, -0.25) is 9.80 Å². The first kappa shape index (κ1) is 12.4. The topological polar surface area (TPSA) is 6.48 Å². The second-order valence-corrected chi connectivity index (χ2v) is 7.72. The maximum Gasteiger partial charge on any atom is 0.0514 e. The van der Waals surface area contributed by atoms with Gasteiger partial charge in [-0.25, -0.2) is 0 Å². The Morgan fingerprint density at radius 3 is 2.12 bits per heavy atom.